The van der Waals surface area contributed by atoms with Crippen molar-refractivity contribution in [3.05, 3.63) is 76.2 Å². The van der Waals surface area contributed by atoms with Gasteiger partial charge < -0.3 is 24.1 Å². The number of hydrogen-bond donors (Lipinski definition) is 2. The third-order valence-electron chi connectivity index (χ3n) is 4.98. The lowest BCUT2D eigenvalue weighted by atomic mass is 9.93. The van der Waals surface area contributed by atoms with Crippen molar-refractivity contribution in [3.63, 3.8) is 0 Å². The van der Waals surface area contributed by atoms with E-state index < -0.39 is 29.4 Å². The molecule has 1 aromatic heterocycles. The summed E-state index contributed by atoms with van der Waals surface area (Å²) in [6.45, 7) is 3.27. The van der Waals surface area contributed by atoms with Gasteiger partial charge in [0, 0.05) is 17.5 Å². The van der Waals surface area contributed by atoms with Gasteiger partial charge >= 0.3 is 11.6 Å². The van der Waals surface area contributed by atoms with Crippen molar-refractivity contribution < 1.29 is 28.9 Å². The van der Waals surface area contributed by atoms with Gasteiger partial charge in [-0.15, -0.1) is 0 Å². The minimum absolute atomic E-state index is 0.131. The summed E-state index contributed by atoms with van der Waals surface area (Å²) in [7, 11) is 0. The van der Waals surface area contributed by atoms with Crippen LogP contribution >= 0.6 is 0 Å². The van der Waals surface area contributed by atoms with Crippen LogP contribution in [0.15, 0.2) is 63.8 Å². The molecule has 7 heteroatoms. The van der Waals surface area contributed by atoms with Crippen molar-refractivity contribution in [2.75, 3.05) is 0 Å². The third-order valence-corrected chi connectivity index (χ3v) is 4.98. The molecule has 0 bridgehead atoms. The van der Waals surface area contributed by atoms with Crippen molar-refractivity contribution in [1.29, 1.82) is 0 Å². The lowest BCUT2D eigenvalue weighted by molar-refractivity contribution is -0.164. The molecule has 0 amide bonds. The molecule has 2 N–H and O–H groups in total. The summed E-state index contributed by atoms with van der Waals surface area (Å²) in [5.74, 6) is -0.111. The Morgan fingerprint density at radius 2 is 1.80 bits per heavy atom. The Balaban J connectivity index is 1.54. The number of carbonyl (C=O) groups excluding carboxylic acids is 1. The fourth-order valence-corrected chi connectivity index (χ4v) is 3.49. The molecule has 1 aliphatic rings. The van der Waals surface area contributed by atoms with Crippen LogP contribution in [0.2, 0.25) is 0 Å². The van der Waals surface area contributed by atoms with Gasteiger partial charge in [-0.3, -0.25) is 0 Å². The van der Waals surface area contributed by atoms with E-state index in [9.17, 15) is 19.8 Å². The van der Waals surface area contributed by atoms with E-state index in [4.69, 9.17) is 13.9 Å². The molecule has 2 heterocycles. The van der Waals surface area contributed by atoms with Crippen molar-refractivity contribution in [3.8, 4) is 11.5 Å². The topological polar surface area (TPSA) is 106 Å². The summed E-state index contributed by atoms with van der Waals surface area (Å²) in [4.78, 5) is 24.0. The molecule has 0 spiro atoms. The highest BCUT2D eigenvalue weighted by molar-refractivity contribution is 5.87. The number of carbonyl (C=O) groups is 1. The average Bonchev–Trinajstić information content (AvgIpc) is 3.05. The quantitative estimate of drug-likeness (QED) is 0.387. The summed E-state index contributed by atoms with van der Waals surface area (Å²) in [6, 6.07) is 12.7. The molecule has 0 saturated heterocycles. The monoisotopic (exact) mass is 408 g/mol. The molecular weight excluding hydrogens is 388 g/mol. The maximum atomic E-state index is 12.3. The molecule has 0 radical (unpaired) electrons. The SMILES string of the molecule is CC(C)(OC(=O)/C=C/c1ccc(O)cc1)C1Oc2ccc3ccc(=O)oc3c2C1O. The molecule has 3 aromatic rings. The molecule has 0 fully saturated rings. The largest absolute Gasteiger partial charge is 0.508 e. The van der Waals surface area contributed by atoms with E-state index >= 15 is 0 Å². The summed E-state index contributed by atoms with van der Waals surface area (Å²) in [5.41, 5.74) is -0.385. The van der Waals surface area contributed by atoms with Crippen LogP contribution in [-0.4, -0.2) is 27.9 Å². The molecule has 2 unspecified atom stereocenters. The van der Waals surface area contributed by atoms with Crippen molar-refractivity contribution >= 4 is 23.0 Å². The first-order chi connectivity index (χ1) is 14.2. The maximum Gasteiger partial charge on any atom is 0.336 e. The van der Waals surface area contributed by atoms with Crippen molar-refractivity contribution in [1.82, 2.24) is 0 Å². The Morgan fingerprint density at radius 1 is 1.10 bits per heavy atom. The lowest BCUT2D eigenvalue weighted by Crippen LogP contribution is -2.45. The zero-order chi connectivity index (χ0) is 21.5. The number of phenols is 1. The predicted molar refractivity (Wildman–Crippen MR) is 109 cm³/mol. The van der Waals surface area contributed by atoms with Gasteiger partial charge in [-0.1, -0.05) is 12.1 Å². The van der Waals surface area contributed by atoms with Gasteiger partial charge in [0.1, 0.15) is 28.8 Å². The normalized spacial score (nSPS) is 18.4. The Morgan fingerprint density at radius 3 is 2.53 bits per heavy atom. The van der Waals surface area contributed by atoms with Crippen LogP contribution in [0.3, 0.4) is 0 Å². The molecule has 2 atom stereocenters. The van der Waals surface area contributed by atoms with Gasteiger partial charge in [0.05, 0.1) is 5.56 Å². The Kier molecular flexibility index (Phi) is 4.83. The second-order valence-electron chi connectivity index (χ2n) is 7.58. The molecule has 7 nitrogen and oxygen atoms in total. The zero-order valence-corrected chi connectivity index (χ0v) is 16.4. The van der Waals surface area contributed by atoms with Gasteiger partial charge in [0.25, 0.3) is 0 Å². The van der Waals surface area contributed by atoms with Gasteiger partial charge in [-0.25, -0.2) is 9.59 Å². The van der Waals surface area contributed by atoms with Crippen LogP contribution in [0.4, 0.5) is 0 Å². The van der Waals surface area contributed by atoms with Gasteiger partial charge in [-0.05, 0) is 55.8 Å². The fourth-order valence-electron chi connectivity index (χ4n) is 3.49. The first kappa shape index (κ1) is 19.7. The van der Waals surface area contributed by atoms with E-state index in [0.717, 1.165) is 0 Å². The summed E-state index contributed by atoms with van der Waals surface area (Å²) in [6.07, 6.45) is 0.769. The van der Waals surface area contributed by atoms with Crippen molar-refractivity contribution in [2.24, 2.45) is 0 Å². The first-order valence-electron chi connectivity index (χ1n) is 9.36. The average molecular weight is 408 g/mol. The number of aliphatic hydroxyl groups is 1. The summed E-state index contributed by atoms with van der Waals surface area (Å²) in [5, 5.41) is 20.9. The highest BCUT2D eigenvalue weighted by atomic mass is 16.6. The molecule has 154 valence electrons. The van der Waals surface area contributed by atoms with E-state index in [1.807, 2.05) is 0 Å². The Hall–Kier alpha value is -3.58. The number of rotatable bonds is 4. The van der Waals surface area contributed by atoms with Crippen LogP contribution in [0.25, 0.3) is 17.0 Å². The van der Waals surface area contributed by atoms with Gasteiger partial charge in [0.15, 0.2) is 6.10 Å². The maximum absolute atomic E-state index is 12.3. The van der Waals surface area contributed by atoms with E-state index in [1.54, 1.807) is 50.3 Å². The van der Waals surface area contributed by atoms with E-state index in [-0.39, 0.29) is 11.3 Å². The minimum atomic E-state index is -1.18. The number of esters is 1. The first-order valence-corrected chi connectivity index (χ1v) is 9.36. The lowest BCUT2D eigenvalue weighted by Gasteiger charge is -2.32. The fraction of sp³-hybridized carbons (Fsp3) is 0.217. The number of aromatic hydroxyl groups is 1. The second kappa shape index (κ2) is 7.35. The number of ether oxygens (including phenoxy) is 2. The predicted octanol–water partition coefficient (Wildman–Crippen LogP) is 3.33. The molecular formula is C23H20O7. The second-order valence-corrected chi connectivity index (χ2v) is 7.58. The number of aliphatic hydroxyl groups excluding tert-OH is 1. The minimum Gasteiger partial charge on any atom is -0.508 e. The molecule has 4 rings (SSSR count). The molecule has 1 aliphatic heterocycles. The van der Waals surface area contributed by atoms with E-state index in [0.29, 0.717) is 22.3 Å². The third kappa shape index (κ3) is 3.67. The smallest absolute Gasteiger partial charge is 0.336 e. The molecule has 0 aliphatic carbocycles. The Labute approximate surface area is 171 Å². The van der Waals surface area contributed by atoms with Crippen LogP contribution in [0.5, 0.6) is 11.5 Å². The highest BCUT2D eigenvalue weighted by Crippen LogP contribution is 2.45. The van der Waals surface area contributed by atoms with E-state index in [2.05, 4.69) is 0 Å². The van der Waals surface area contributed by atoms with Crippen molar-refractivity contribution in [2.45, 2.75) is 31.7 Å². The highest BCUT2D eigenvalue weighted by Gasteiger charge is 2.47. The van der Waals surface area contributed by atoms with Crippen LogP contribution in [0.1, 0.15) is 31.1 Å². The molecule has 2 aromatic carbocycles. The Bertz CT molecular complexity index is 1190. The number of benzene rings is 2. The van der Waals surface area contributed by atoms with E-state index in [1.165, 1.54) is 24.3 Å². The van der Waals surface area contributed by atoms with Crippen LogP contribution in [0, 0.1) is 0 Å². The van der Waals surface area contributed by atoms with Crippen LogP contribution < -0.4 is 10.4 Å². The number of hydrogen-bond acceptors (Lipinski definition) is 7. The molecule has 0 saturated carbocycles. The van der Waals surface area contributed by atoms with Gasteiger partial charge in [0.2, 0.25) is 0 Å². The summed E-state index contributed by atoms with van der Waals surface area (Å²) < 4.78 is 16.7. The molecule has 30 heavy (non-hydrogen) atoms. The van der Waals surface area contributed by atoms with Crippen LogP contribution in [-0.2, 0) is 9.53 Å². The zero-order valence-electron chi connectivity index (χ0n) is 16.4. The standard InChI is InChI=1S/C23H20O7/c1-23(2,30-18(26)11-5-13-3-8-15(24)9-4-13)22-20(27)19-16(28-22)10-6-14-7-12-17(25)29-21(14)19/h3-12,20,22,24,27H,1-2H3/b11-5+. The number of fused-ring (bicyclic) bond motifs is 3. The summed E-state index contributed by atoms with van der Waals surface area (Å²) >= 11 is 0. The van der Waals surface area contributed by atoms with Gasteiger partial charge in [-0.2, -0.15) is 0 Å². The number of phenolic OH excluding ortho intramolecular Hbond substituents is 1.